The molecule has 1 atom stereocenters. The Hall–Kier alpha value is -2.42. The molecule has 0 aliphatic heterocycles. The van der Waals surface area contributed by atoms with Gasteiger partial charge in [-0.1, -0.05) is 24.3 Å². The van der Waals surface area contributed by atoms with Crippen molar-refractivity contribution in [3.8, 4) is 0 Å². The largest absolute Gasteiger partial charge is 0.346 e. The summed E-state index contributed by atoms with van der Waals surface area (Å²) in [5.74, 6) is -0.0995. The lowest BCUT2D eigenvalue weighted by Gasteiger charge is -2.15. The van der Waals surface area contributed by atoms with E-state index in [4.69, 9.17) is 0 Å². The number of hydrogen-bond donors (Lipinski definition) is 1. The van der Waals surface area contributed by atoms with E-state index < -0.39 is 0 Å². The van der Waals surface area contributed by atoms with E-state index >= 15 is 0 Å². The van der Waals surface area contributed by atoms with Crippen LogP contribution in [0.2, 0.25) is 0 Å². The molecule has 3 nitrogen and oxygen atoms in total. The molecule has 102 valence electrons. The summed E-state index contributed by atoms with van der Waals surface area (Å²) in [5.41, 5.74) is 3.27. The Morgan fingerprint density at radius 1 is 1.20 bits per heavy atom. The second kappa shape index (κ2) is 6.66. The number of aryl methyl sites for hydroxylation is 1. The highest BCUT2D eigenvalue weighted by Gasteiger charge is 2.09. The number of rotatable bonds is 4. The predicted molar refractivity (Wildman–Crippen MR) is 81.0 cm³/mol. The van der Waals surface area contributed by atoms with Crippen molar-refractivity contribution >= 4 is 12.0 Å². The van der Waals surface area contributed by atoms with Crippen LogP contribution in [-0.4, -0.2) is 10.9 Å². The zero-order valence-electron chi connectivity index (χ0n) is 11.7. The van der Waals surface area contributed by atoms with Crippen LogP contribution >= 0.6 is 0 Å². The molecule has 0 aliphatic rings. The standard InChI is InChI=1S/C17H18N2O/c1-13-5-3-4-6-16(13)14(2)19-17(20)8-7-15-9-11-18-12-10-15/h3-12,14H,1-2H3,(H,19,20)/b8-7+. The number of pyridine rings is 1. The Morgan fingerprint density at radius 2 is 1.90 bits per heavy atom. The van der Waals surface area contributed by atoms with Crippen molar-refractivity contribution in [3.05, 3.63) is 71.6 Å². The summed E-state index contributed by atoms with van der Waals surface area (Å²) in [6.45, 7) is 4.03. The summed E-state index contributed by atoms with van der Waals surface area (Å²) >= 11 is 0. The fraction of sp³-hybridized carbons (Fsp3) is 0.176. The minimum atomic E-state index is -0.0995. The summed E-state index contributed by atoms with van der Waals surface area (Å²) in [7, 11) is 0. The number of carbonyl (C=O) groups is 1. The highest BCUT2D eigenvalue weighted by atomic mass is 16.1. The van der Waals surface area contributed by atoms with E-state index in [1.54, 1.807) is 24.5 Å². The highest BCUT2D eigenvalue weighted by molar-refractivity contribution is 5.91. The molecule has 0 aliphatic carbocycles. The summed E-state index contributed by atoms with van der Waals surface area (Å²) in [6.07, 6.45) is 6.73. The second-order valence-electron chi connectivity index (χ2n) is 4.70. The molecule has 0 bridgehead atoms. The van der Waals surface area contributed by atoms with Crippen molar-refractivity contribution in [2.45, 2.75) is 19.9 Å². The third-order valence-electron chi connectivity index (χ3n) is 3.15. The minimum absolute atomic E-state index is 0.00853. The van der Waals surface area contributed by atoms with Gasteiger partial charge in [-0.15, -0.1) is 0 Å². The maximum Gasteiger partial charge on any atom is 0.244 e. The third kappa shape index (κ3) is 3.79. The molecule has 1 unspecified atom stereocenters. The molecule has 20 heavy (non-hydrogen) atoms. The number of nitrogens with zero attached hydrogens (tertiary/aromatic N) is 1. The molecule has 0 saturated carbocycles. The van der Waals surface area contributed by atoms with Crippen LogP contribution in [0.1, 0.15) is 29.7 Å². The number of aromatic nitrogens is 1. The van der Waals surface area contributed by atoms with E-state index in [1.807, 2.05) is 50.2 Å². The maximum atomic E-state index is 11.9. The van der Waals surface area contributed by atoms with E-state index in [0.717, 1.165) is 11.1 Å². The number of hydrogen-bond acceptors (Lipinski definition) is 2. The normalized spacial score (nSPS) is 12.3. The van der Waals surface area contributed by atoms with Crippen LogP contribution in [-0.2, 0) is 4.79 Å². The zero-order valence-corrected chi connectivity index (χ0v) is 11.7. The molecule has 0 radical (unpaired) electrons. The van der Waals surface area contributed by atoms with Crippen molar-refractivity contribution in [1.82, 2.24) is 10.3 Å². The van der Waals surface area contributed by atoms with Crippen LogP contribution in [0, 0.1) is 6.92 Å². The quantitative estimate of drug-likeness (QED) is 0.863. The zero-order chi connectivity index (χ0) is 14.4. The molecular formula is C17H18N2O. The molecule has 2 aromatic rings. The summed E-state index contributed by atoms with van der Waals surface area (Å²) in [4.78, 5) is 15.8. The predicted octanol–water partition coefficient (Wildman–Crippen LogP) is 3.28. The SMILES string of the molecule is Cc1ccccc1C(C)NC(=O)/C=C/c1ccncc1. The number of amides is 1. The van der Waals surface area contributed by atoms with E-state index in [-0.39, 0.29) is 11.9 Å². The van der Waals surface area contributed by atoms with Gasteiger partial charge < -0.3 is 5.32 Å². The molecule has 1 aromatic heterocycles. The van der Waals surface area contributed by atoms with Crippen LogP contribution < -0.4 is 5.32 Å². The molecule has 1 aromatic carbocycles. The van der Waals surface area contributed by atoms with Gasteiger partial charge in [0.15, 0.2) is 0 Å². The van der Waals surface area contributed by atoms with Crippen LogP contribution in [0.5, 0.6) is 0 Å². The monoisotopic (exact) mass is 266 g/mol. The van der Waals surface area contributed by atoms with Crippen molar-refractivity contribution in [2.75, 3.05) is 0 Å². The van der Waals surface area contributed by atoms with Gasteiger partial charge >= 0.3 is 0 Å². The second-order valence-corrected chi connectivity index (χ2v) is 4.70. The average Bonchev–Trinajstić information content (AvgIpc) is 2.46. The van der Waals surface area contributed by atoms with Gasteiger partial charge in [0.1, 0.15) is 0 Å². The van der Waals surface area contributed by atoms with Gasteiger partial charge in [-0.25, -0.2) is 0 Å². The first-order valence-electron chi connectivity index (χ1n) is 6.61. The number of benzene rings is 1. The van der Waals surface area contributed by atoms with Crippen LogP contribution in [0.25, 0.3) is 6.08 Å². The van der Waals surface area contributed by atoms with Crippen LogP contribution in [0.15, 0.2) is 54.9 Å². The number of carbonyl (C=O) groups excluding carboxylic acids is 1. The van der Waals surface area contributed by atoms with E-state index in [0.29, 0.717) is 0 Å². The molecule has 2 rings (SSSR count). The summed E-state index contributed by atoms with van der Waals surface area (Å²) in [6, 6.07) is 11.8. The van der Waals surface area contributed by atoms with Crippen LogP contribution in [0.3, 0.4) is 0 Å². The average molecular weight is 266 g/mol. The molecule has 1 amide bonds. The lowest BCUT2D eigenvalue weighted by atomic mass is 10.0. The lowest BCUT2D eigenvalue weighted by molar-refractivity contribution is -0.117. The Balaban J connectivity index is 1.98. The number of nitrogens with one attached hydrogen (secondary N) is 1. The van der Waals surface area contributed by atoms with Gasteiger partial charge in [0.05, 0.1) is 6.04 Å². The summed E-state index contributed by atoms with van der Waals surface area (Å²) in [5, 5.41) is 2.97. The smallest absolute Gasteiger partial charge is 0.244 e. The van der Waals surface area contributed by atoms with Crippen molar-refractivity contribution < 1.29 is 4.79 Å². The fourth-order valence-corrected chi connectivity index (χ4v) is 2.06. The van der Waals surface area contributed by atoms with Crippen molar-refractivity contribution in [3.63, 3.8) is 0 Å². The first-order chi connectivity index (χ1) is 9.66. The van der Waals surface area contributed by atoms with Gasteiger partial charge in [0, 0.05) is 18.5 Å². The molecule has 0 spiro atoms. The Labute approximate surface area is 119 Å². The molecule has 3 heteroatoms. The lowest BCUT2D eigenvalue weighted by Crippen LogP contribution is -2.25. The Bertz CT molecular complexity index is 605. The van der Waals surface area contributed by atoms with E-state index in [2.05, 4.69) is 10.3 Å². The van der Waals surface area contributed by atoms with Crippen molar-refractivity contribution in [1.29, 1.82) is 0 Å². The van der Waals surface area contributed by atoms with E-state index in [9.17, 15) is 4.79 Å². The molecule has 1 N–H and O–H groups in total. The Kier molecular flexibility index (Phi) is 4.66. The molecular weight excluding hydrogens is 248 g/mol. The van der Waals surface area contributed by atoms with Gasteiger partial charge in [-0.2, -0.15) is 0 Å². The third-order valence-corrected chi connectivity index (χ3v) is 3.15. The van der Waals surface area contributed by atoms with Gasteiger partial charge in [-0.05, 0) is 48.7 Å². The Morgan fingerprint density at radius 3 is 2.60 bits per heavy atom. The van der Waals surface area contributed by atoms with E-state index in [1.165, 1.54) is 5.56 Å². The molecule has 0 fully saturated rings. The van der Waals surface area contributed by atoms with Gasteiger partial charge in [0.25, 0.3) is 0 Å². The first-order valence-corrected chi connectivity index (χ1v) is 6.61. The minimum Gasteiger partial charge on any atom is -0.346 e. The first kappa shape index (κ1) is 14.0. The van der Waals surface area contributed by atoms with Gasteiger partial charge in [0.2, 0.25) is 5.91 Å². The summed E-state index contributed by atoms with van der Waals surface area (Å²) < 4.78 is 0. The molecule has 0 saturated heterocycles. The topological polar surface area (TPSA) is 42.0 Å². The fourth-order valence-electron chi connectivity index (χ4n) is 2.06. The van der Waals surface area contributed by atoms with Crippen LogP contribution in [0.4, 0.5) is 0 Å². The van der Waals surface area contributed by atoms with Gasteiger partial charge in [-0.3, -0.25) is 9.78 Å². The highest BCUT2D eigenvalue weighted by Crippen LogP contribution is 2.16. The van der Waals surface area contributed by atoms with Crippen molar-refractivity contribution in [2.24, 2.45) is 0 Å². The molecule has 1 heterocycles. The maximum absolute atomic E-state index is 11.9.